The molecule has 5 heteroatoms. The Labute approximate surface area is 107 Å². The summed E-state index contributed by atoms with van der Waals surface area (Å²) in [4.78, 5) is 25.3. The summed E-state index contributed by atoms with van der Waals surface area (Å²) in [5.41, 5.74) is 0. The van der Waals surface area contributed by atoms with Gasteiger partial charge in [-0.15, -0.1) is 0 Å². The maximum absolute atomic E-state index is 12.4. The van der Waals surface area contributed by atoms with E-state index in [-0.39, 0.29) is 17.9 Å². The molecule has 2 fully saturated rings. The number of carbonyl (C=O) groups excluding carboxylic acids is 1. The van der Waals surface area contributed by atoms with Crippen molar-refractivity contribution >= 4 is 11.9 Å². The minimum atomic E-state index is -0.830. The molecule has 0 aromatic heterocycles. The number of hydrogen-bond donors (Lipinski definition) is 1. The van der Waals surface area contributed by atoms with Crippen molar-refractivity contribution in [2.24, 2.45) is 11.8 Å². The third kappa shape index (κ3) is 2.66. The van der Waals surface area contributed by atoms with Crippen molar-refractivity contribution in [3.8, 4) is 0 Å². The molecule has 0 spiro atoms. The Balaban J connectivity index is 2.03. The molecule has 0 radical (unpaired) electrons. The molecule has 1 aliphatic heterocycles. The van der Waals surface area contributed by atoms with E-state index in [4.69, 9.17) is 4.74 Å². The average molecular weight is 255 g/mol. The van der Waals surface area contributed by atoms with E-state index in [0.29, 0.717) is 26.1 Å². The molecule has 1 aliphatic carbocycles. The van der Waals surface area contributed by atoms with Gasteiger partial charge in [-0.1, -0.05) is 12.8 Å². The molecule has 3 unspecified atom stereocenters. The highest BCUT2D eigenvalue weighted by molar-refractivity contribution is 5.85. The Kier molecular flexibility index (Phi) is 4.22. The van der Waals surface area contributed by atoms with E-state index in [0.717, 1.165) is 19.3 Å². The van der Waals surface area contributed by atoms with Gasteiger partial charge in [0, 0.05) is 13.7 Å². The number of rotatable bonds is 3. The second-order valence-electron chi connectivity index (χ2n) is 5.30. The van der Waals surface area contributed by atoms with Crippen molar-refractivity contribution in [3.05, 3.63) is 0 Å². The standard InChI is InChI=1S/C13H21NO4/c1-14(9-6-7-18-8-9)12(15)10-4-2-3-5-11(10)13(16)17/h9-11H,2-8H2,1H3,(H,16,17). The molecule has 1 saturated carbocycles. The van der Waals surface area contributed by atoms with E-state index >= 15 is 0 Å². The summed E-state index contributed by atoms with van der Waals surface area (Å²) >= 11 is 0. The van der Waals surface area contributed by atoms with Crippen LogP contribution in [0.1, 0.15) is 32.1 Å². The fourth-order valence-electron chi connectivity index (χ4n) is 2.99. The number of carbonyl (C=O) groups is 2. The van der Waals surface area contributed by atoms with Crippen LogP contribution in [0.2, 0.25) is 0 Å². The van der Waals surface area contributed by atoms with Gasteiger partial charge in [0.2, 0.25) is 5.91 Å². The molecule has 0 bridgehead atoms. The van der Waals surface area contributed by atoms with Crippen LogP contribution in [-0.4, -0.2) is 48.2 Å². The van der Waals surface area contributed by atoms with Crippen LogP contribution < -0.4 is 0 Å². The number of aliphatic carboxylic acids is 1. The number of nitrogens with zero attached hydrogens (tertiary/aromatic N) is 1. The number of ether oxygens (including phenoxy) is 1. The monoisotopic (exact) mass is 255 g/mol. The van der Waals surface area contributed by atoms with Crippen LogP contribution in [0.15, 0.2) is 0 Å². The van der Waals surface area contributed by atoms with E-state index in [1.807, 2.05) is 0 Å². The predicted octanol–water partition coefficient (Wildman–Crippen LogP) is 1.12. The van der Waals surface area contributed by atoms with E-state index in [9.17, 15) is 14.7 Å². The van der Waals surface area contributed by atoms with Crippen LogP contribution in [0.4, 0.5) is 0 Å². The van der Waals surface area contributed by atoms with Crippen LogP contribution in [-0.2, 0) is 14.3 Å². The Bertz CT molecular complexity index is 325. The zero-order chi connectivity index (χ0) is 13.1. The second-order valence-corrected chi connectivity index (χ2v) is 5.30. The van der Waals surface area contributed by atoms with Crippen molar-refractivity contribution in [1.29, 1.82) is 0 Å². The van der Waals surface area contributed by atoms with Crippen molar-refractivity contribution < 1.29 is 19.4 Å². The first kappa shape index (κ1) is 13.3. The van der Waals surface area contributed by atoms with Crippen molar-refractivity contribution in [3.63, 3.8) is 0 Å². The molecule has 1 saturated heterocycles. The van der Waals surface area contributed by atoms with Gasteiger partial charge < -0.3 is 14.7 Å². The lowest BCUT2D eigenvalue weighted by Crippen LogP contribution is -2.45. The number of likely N-dealkylation sites (N-methyl/N-ethyl adjacent to an activating group) is 1. The topological polar surface area (TPSA) is 66.8 Å². The Hall–Kier alpha value is -1.10. The minimum absolute atomic E-state index is 0.0161. The third-order valence-electron chi connectivity index (χ3n) is 4.20. The van der Waals surface area contributed by atoms with Gasteiger partial charge in [-0.2, -0.15) is 0 Å². The van der Waals surface area contributed by atoms with Gasteiger partial charge in [-0.3, -0.25) is 9.59 Å². The zero-order valence-corrected chi connectivity index (χ0v) is 10.8. The maximum Gasteiger partial charge on any atom is 0.307 e. The molecule has 2 rings (SSSR count). The summed E-state index contributed by atoms with van der Waals surface area (Å²) in [6.45, 7) is 1.27. The van der Waals surface area contributed by atoms with Crippen LogP contribution in [0.25, 0.3) is 0 Å². The van der Waals surface area contributed by atoms with Gasteiger partial charge in [0.15, 0.2) is 0 Å². The molecule has 18 heavy (non-hydrogen) atoms. The molecule has 1 heterocycles. The lowest BCUT2D eigenvalue weighted by molar-refractivity contribution is -0.152. The normalized spacial score (nSPS) is 32.2. The number of carboxylic acid groups (broad SMARTS) is 1. The fraction of sp³-hybridized carbons (Fsp3) is 0.846. The molecule has 2 aliphatic rings. The highest BCUT2D eigenvalue weighted by Gasteiger charge is 2.38. The second kappa shape index (κ2) is 5.69. The zero-order valence-electron chi connectivity index (χ0n) is 10.8. The molecule has 0 aromatic carbocycles. The SMILES string of the molecule is CN(C(=O)C1CCCCC1C(=O)O)C1CCOC1. The Morgan fingerprint density at radius 1 is 1.17 bits per heavy atom. The number of carboxylic acids is 1. The first-order valence-electron chi connectivity index (χ1n) is 6.68. The maximum atomic E-state index is 12.4. The third-order valence-corrected chi connectivity index (χ3v) is 4.20. The molecule has 3 atom stereocenters. The summed E-state index contributed by atoms with van der Waals surface area (Å²) in [5, 5.41) is 9.21. The summed E-state index contributed by atoms with van der Waals surface area (Å²) in [5.74, 6) is -1.69. The minimum Gasteiger partial charge on any atom is -0.481 e. The van der Waals surface area contributed by atoms with Crippen molar-refractivity contribution in [2.45, 2.75) is 38.1 Å². The Morgan fingerprint density at radius 3 is 2.39 bits per heavy atom. The van der Waals surface area contributed by atoms with Gasteiger partial charge in [0.1, 0.15) is 0 Å². The largest absolute Gasteiger partial charge is 0.481 e. The highest BCUT2D eigenvalue weighted by atomic mass is 16.5. The van der Waals surface area contributed by atoms with Gasteiger partial charge >= 0.3 is 5.97 Å². The predicted molar refractivity (Wildman–Crippen MR) is 65.1 cm³/mol. The smallest absolute Gasteiger partial charge is 0.307 e. The van der Waals surface area contributed by atoms with E-state index in [2.05, 4.69) is 0 Å². The van der Waals surface area contributed by atoms with E-state index in [1.54, 1.807) is 11.9 Å². The Morgan fingerprint density at radius 2 is 1.83 bits per heavy atom. The van der Waals surface area contributed by atoms with E-state index < -0.39 is 11.9 Å². The number of hydrogen-bond acceptors (Lipinski definition) is 3. The first-order valence-corrected chi connectivity index (χ1v) is 6.68. The van der Waals surface area contributed by atoms with Crippen molar-refractivity contribution in [1.82, 2.24) is 4.90 Å². The van der Waals surface area contributed by atoms with Crippen LogP contribution >= 0.6 is 0 Å². The first-order chi connectivity index (χ1) is 8.61. The summed E-state index contributed by atoms with van der Waals surface area (Å²) in [7, 11) is 1.77. The van der Waals surface area contributed by atoms with Gasteiger partial charge in [-0.05, 0) is 19.3 Å². The molecule has 1 N–H and O–H groups in total. The molecule has 5 nitrogen and oxygen atoms in total. The van der Waals surface area contributed by atoms with Crippen LogP contribution in [0.3, 0.4) is 0 Å². The highest BCUT2D eigenvalue weighted by Crippen LogP contribution is 2.32. The average Bonchev–Trinajstić information content (AvgIpc) is 2.90. The van der Waals surface area contributed by atoms with E-state index in [1.165, 1.54) is 0 Å². The summed E-state index contributed by atoms with van der Waals surface area (Å²) < 4.78 is 5.28. The van der Waals surface area contributed by atoms with Crippen LogP contribution in [0, 0.1) is 11.8 Å². The fourth-order valence-corrected chi connectivity index (χ4v) is 2.99. The van der Waals surface area contributed by atoms with Crippen molar-refractivity contribution in [2.75, 3.05) is 20.3 Å². The molecular weight excluding hydrogens is 234 g/mol. The summed E-state index contributed by atoms with van der Waals surface area (Å²) in [6, 6.07) is 0.119. The quantitative estimate of drug-likeness (QED) is 0.820. The molecule has 102 valence electrons. The number of amides is 1. The molecule has 0 aromatic rings. The summed E-state index contributed by atoms with van der Waals surface area (Å²) in [6.07, 6.45) is 4.05. The lowest BCUT2D eigenvalue weighted by atomic mass is 9.78. The van der Waals surface area contributed by atoms with Gasteiger partial charge in [-0.25, -0.2) is 0 Å². The molecular formula is C13H21NO4. The van der Waals surface area contributed by atoms with Crippen LogP contribution in [0.5, 0.6) is 0 Å². The molecule has 1 amide bonds. The van der Waals surface area contributed by atoms with Gasteiger partial charge in [0.25, 0.3) is 0 Å². The lowest BCUT2D eigenvalue weighted by Gasteiger charge is -2.33. The van der Waals surface area contributed by atoms with Gasteiger partial charge in [0.05, 0.1) is 24.5 Å².